The van der Waals surface area contributed by atoms with Gasteiger partial charge in [-0.2, -0.15) is 0 Å². The lowest BCUT2D eigenvalue weighted by Gasteiger charge is -2.26. The molecule has 3 aromatic carbocycles. The number of benzene rings is 3. The molecule has 0 bridgehead atoms. The Balaban J connectivity index is 1.45. The normalized spacial score (nSPS) is 14.9. The maximum Gasteiger partial charge on any atom is 0.251 e. The summed E-state index contributed by atoms with van der Waals surface area (Å²) in [7, 11) is 0. The number of hydrogen-bond donors (Lipinski definition) is 4. The van der Waals surface area contributed by atoms with Gasteiger partial charge in [0.2, 0.25) is 5.91 Å². The zero-order valence-corrected chi connectivity index (χ0v) is 25.9. The summed E-state index contributed by atoms with van der Waals surface area (Å²) < 4.78 is 5.91. The Bertz CT molecular complexity index is 1360. The van der Waals surface area contributed by atoms with Gasteiger partial charge in [0.25, 0.3) is 5.91 Å². The molecule has 8 nitrogen and oxygen atoms in total. The van der Waals surface area contributed by atoms with Gasteiger partial charge in [0.05, 0.1) is 24.4 Å². The molecule has 230 valence electrons. The van der Waals surface area contributed by atoms with E-state index in [0.29, 0.717) is 56.9 Å². The predicted molar refractivity (Wildman–Crippen MR) is 172 cm³/mol. The van der Waals surface area contributed by atoms with Crippen LogP contribution in [-0.2, 0) is 29.1 Å². The lowest BCUT2D eigenvalue weighted by molar-refractivity contribution is -0.117. The minimum atomic E-state index is -0.840. The molecule has 0 aromatic heterocycles. The highest BCUT2D eigenvalue weighted by Gasteiger charge is 2.26. The highest BCUT2D eigenvalue weighted by Crippen LogP contribution is 2.27. The standard InChI is InChI=1S/C35H46N4O4/c1-5-37-29-19-28(20-30(21-29)39-16-10-15-33(39)41)34(42)38-31(18-25-11-7-6-8-12-25)32(40)23-36-22-26-13-9-14-27(17-26)24-43-35(2,3)4/h6-9,11-14,17,19-21,31-32,36-37,40H,5,10,15-16,18,22-24H2,1-4H3,(H,38,42)/t31-,32+/m0/s1. The number of aliphatic hydroxyl groups excluding tert-OH is 1. The lowest BCUT2D eigenvalue weighted by Crippen LogP contribution is -2.48. The number of carbonyl (C=O) groups excluding carboxylic acids is 2. The third-order valence-electron chi connectivity index (χ3n) is 7.37. The third kappa shape index (κ3) is 9.92. The topological polar surface area (TPSA) is 103 Å². The van der Waals surface area contributed by atoms with Crippen molar-refractivity contribution in [2.45, 2.75) is 77.9 Å². The molecular weight excluding hydrogens is 540 g/mol. The van der Waals surface area contributed by atoms with Crippen molar-refractivity contribution >= 4 is 23.2 Å². The number of aliphatic hydroxyl groups is 1. The van der Waals surface area contributed by atoms with Crippen molar-refractivity contribution in [3.05, 3.63) is 95.1 Å². The SMILES string of the molecule is CCNc1cc(C(=O)N[C@@H](Cc2ccccc2)[C@H](O)CNCc2cccc(COC(C)(C)C)c2)cc(N2CCCC2=O)c1. The van der Waals surface area contributed by atoms with E-state index in [9.17, 15) is 14.7 Å². The van der Waals surface area contributed by atoms with Crippen molar-refractivity contribution in [1.29, 1.82) is 0 Å². The van der Waals surface area contributed by atoms with Crippen molar-refractivity contribution in [3.63, 3.8) is 0 Å². The smallest absolute Gasteiger partial charge is 0.251 e. The number of nitrogens with one attached hydrogen (secondary N) is 3. The van der Waals surface area contributed by atoms with Crippen molar-refractivity contribution in [1.82, 2.24) is 10.6 Å². The fourth-order valence-electron chi connectivity index (χ4n) is 5.16. The first kappa shape index (κ1) is 32.2. The fourth-order valence-corrected chi connectivity index (χ4v) is 5.16. The van der Waals surface area contributed by atoms with Gasteiger partial charge < -0.3 is 30.7 Å². The molecule has 43 heavy (non-hydrogen) atoms. The summed E-state index contributed by atoms with van der Waals surface area (Å²) in [6, 6.07) is 23.0. The molecule has 1 aliphatic rings. The van der Waals surface area contributed by atoms with Crippen molar-refractivity contribution in [2.24, 2.45) is 0 Å². The average molecular weight is 587 g/mol. The Kier molecular flexibility index (Phi) is 11.3. The van der Waals surface area contributed by atoms with Gasteiger partial charge in [0, 0.05) is 49.5 Å². The summed E-state index contributed by atoms with van der Waals surface area (Å²) >= 11 is 0. The van der Waals surface area contributed by atoms with Gasteiger partial charge in [0.1, 0.15) is 0 Å². The average Bonchev–Trinajstić information content (AvgIpc) is 3.42. The molecule has 2 amide bonds. The van der Waals surface area contributed by atoms with Crippen molar-refractivity contribution < 1.29 is 19.4 Å². The number of hydrogen-bond acceptors (Lipinski definition) is 6. The zero-order valence-electron chi connectivity index (χ0n) is 25.9. The Morgan fingerprint density at radius 3 is 2.44 bits per heavy atom. The molecule has 1 saturated heterocycles. The molecule has 0 spiro atoms. The van der Waals surface area contributed by atoms with Gasteiger partial charge in [-0.15, -0.1) is 0 Å². The molecule has 0 saturated carbocycles. The predicted octanol–water partition coefficient (Wildman–Crippen LogP) is 5.05. The summed E-state index contributed by atoms with van der Waals surface area (Å²) in [5.74, 6) is -0.227. The van der Waals surface area contributed by atoms with Crippen LogP contribution in [0.3, 0.4) is 0 Å². The van der Waals surface area contributed by atoms with Crippen LogP contribution in [0.5, 0.6) is 0 Å². The van der Waals surface area contributed by atoms with Crippen LogP contribution in [0, 0.1) is 0 Å². The molecule has 8 heteroatoms. The van der Waals surface area contributed by atoms with Gasteiger partial charge in [-0.3, -0.25) is 9.59 Å². The Labute approximate surface area is 255 Å². The minimum Gasteiger partial charge on any atom is -0.390 e. The molecule has 4 rings (SSSR count). The molecule has 1 heterocycles. The summed E-state index contributed by atoms with van der Waals surface area (Å²) in [4.78, 5) is 27.8. The van der Waals surface area contributed by atoms with Gasteiger partial charge >= 0.3 is 0 Å². The molecule has 0 radical (unpaired) electrons. The number of carbonyl (C=O) groups is 2. The second kappa shape index (κ2) is 15.1. The van der Waals surface area contributed by atoms with E-state index in [4.69, 9.17) is 4.74 Å². The van der Waals surface area contributed by atoms with E-state index in [1.807, 2.05) is 82.3 Å². The van der Waals surface area contributed by atoms with Gasteiger partial charge in [0.15, 0.2) is 0 Å². The first-order chi connectivity index (χ1) is 20.6. The van der Waals surface area contributed by atoms with Crippen LogP contribution < -0.4 is 20.9 Å². The molecule has 1 aliphatic heterocycles. The highest BCUT2D eigenvalue weighted by atomic mass is 16.5. The fraction of sp³-hybridized carbons (Fsp3) is 0.429. The molecule has 4 N–H and O–H groups in total. The van der Waals surface area contributed by atoms with Crippen LogP contribution in [0.2, 0.25) is 0 Å². The summed E-state index contributed by atoms with van der Waals surface area (Å²) in [5.41, 5.74) is 4.93. The largest absolute Gasteiger partial charge is 0.390 e. The Hall–Kier alpha value is -3.72. The van der Waals surface area contributed by atoms with E-state index in [1.165, 1.54) is 0 Å². The third-order valence-corrected chi connectivity index (χ3v) is 7.37. The number of amides is 2. The first-order valence-corrected chi connectivity index (χ1v) is 15.3. The van der Waals surface area contributed by atoms with E-state index in [1.54, 1.807) is 17.0 Å². The number of nitrogens with zero attached hydrogens (tertiary/aromatic N) is 1. The van der Waals surface area contributed by atoms with Crippen LogP contribution in [0.15, 0.2) is 72.8 Å². The highest BCUT2D eigenvalue weighted by molar-refractivity contribution is 6.00. The molecule has 1 fully saturated rings. The van der Waals surface area contributed by atoms with Crippen LogP contribution in [-0.4, -0.2) is 54.3 Å². The molecule has 0 aliphatic carbocycles. The lowest BCUT2D eigenvalue weighted by atomic mass is 10.00. The molecule has 0 unspecified atom stereocenters. The first-order valence-electron chi connectivity index (χ1n) is 15.3. The maximum absolute atomic E-state index is 13.6. The van der Waals surface area contributed by atoms with Gasteiger partial charge in [-0.1, -0.05) is 54.6 Å². The van der Waals surface area contributed by atoms with E-state index < -0.39 is 12.1 Å². The number of rotatable bonds is 14. The van der Waals surface area contributed by atoms with Crippen LogP contribution in [0.25, 0.3) is 0 Å². The van der Waals surface area contributed by atoms with Gasteiger partial charge in [-0.05, 0) is 75.4 Å². The summed E-state index contributed by atoms with van der Waals surface area (Å²) in [6.45, 7) is 10.8. The Morgan fingerprint density at radius 2 is 1.74 bits per heavy atom. The monoisotopic (exact) mass is 586 g/mol. The second-order valence-corrected chi connectivity index (χ2v) is 12.1. The molecule has 3 aromatic rings. The van der Waals surface area contributed by atoms with Crippen LogP contribution >= 0.6 is 0 Å². The minimum absolute atomic E-state index is 0.0655. The van der Waals surface area contributed by atoms with Crippen LogP contribution in [0.1, 0.15) is 67.6 Å². The van der Waals surface area contributed by atoms with E-state index in [0.717, 1.165) is 28.8 Å². The van der Waals surface area contributed by atoms with Crippen LogP contribution in [0.4, 0.5) is 11.4 Å². The summed E-state index contributed by atoms with van der Waals surface area (Å²) in [5, 5.41) is 21.0. The quantitative estimate of drug-likeness (QED) is 0.211. The number of ether oxygens (including phenoxy) is 1. The maximum atomic E-state index is 13.6. The van der Waals surface area contributed by atoms with E-state index in [-0.39, 0.29) is 17.4 Å². The van der Waals surface area contributed by atoms with Gasteiger partial charge in [-0.25, -0.2) is 0 Å². The van der Waals surface area contributed by atoms with E-state index >= 15 is 0 Å². The van der Waals surface area contributed by atoms with Crippen molar-refractivity contribution in [3.8, 4) is 0 Å². The van der Waals surface area contributed by atoms with Crippen molar-refractivity contribution in [2.75, 3.05) is 29.9 Å². The second-order valence-electron chi connectivity index (χ2n) is 12.1. The summed E-state index contributed by atoms with van der Waals surface area (Å²) in [6.07, 6.45) is 0.951. The van der Waals surface area contributed by atoms with E-state index in [2.05, 4.69) is 22.0 Å². The molecule has 2 atom stereocenters. The number of anilines is 2. The molecular formula is C35H46N4O4. The Morgan fingerprint density at radius 1 is 1.00 bits per heavy atom. The zero-order chi connectivity index (χ0) is 30.8.